The summed E-state index contributed by atoms with van der Waals surface area (Å²) in [5.41, 5.74) is 12.9. The molecule has 10 heteroatoms. The van der Waals surface area contributed by atoms with Crippen molar-refractivity contribution in [2.45, 2.75) is 38.8 Å². The van der Waals surface area contributed by atoms with Gasteiger partial charge in [0, 0.05) is 63.1 Å². The van der Waals surface area contributed by atoms with Crippen LogP contribution in [0.4, 0.5) is 0 Å². The highest BCUT2D eigenvalue weighted by Gasteiger charge is 2.16. The van der Waals surface area contributed by atoms with Gasteiger partial charge in [-0.05, 0) is 102 Å². The second-order valence-electron chi connectivity index (χ2n) is 13.2. The van der Waals surface area contributed by atoms with Gasteiger partial charge in [-0.15, -0.1) is 0 Å². The molecular formula is C38H60N8O2. The molecule has 0 amide bonds. The topological polar surface area (TPSA) is 115 Å². The molecule has 2 saturated heterocycles. The molecule has 0 saturated carbocycles. The van der Waals surface area contributed by atoms with Crippen molar-refractivity contribution in [3.63, 3.8) is 0 Å². The summed E-state index contributed by atoms with van der Waals surface area (Å²) in [5, 5.41) is 9.41. The molecule has 0 unspecified atom stereocenters. The van der Waals surface area contributed by atoms with Gasteiger partial charge in [0.1, 0.15) is 22.7 Å². The zero-order chi connectivity index (χ0) is 33.2. The maximum absolute atomic E-state index is 5.87. The van der Waals surface area contributed by atoms with Crippen LogP contribution in [0.2, 0.25) is 0 Å². The summed E-state index contributed by atoms with van der Waals surface area (Å²) < 4.78 is 11.7. The lowest BCUT2D eigenvalue weighted by atomic mass is 10.2. The number of piperazine rings is 2. The Hall–Kier alpha value is -2.80. The number of para-hydroxylation sites is 2. The molecule has 2 aliphatic rings. The van der Waals surface area contributed by atoms with E-state index in [2.05, 4.69) is 66.6 Å². The molecule has 2 aliphatic heterocycles. The highest BCUT2D eigenvalue weighted by molar-refractivity contribution is 5.78. The second kappa shape index (κ2) is 20.7. The molecule has 4 heterocycles. The lowest BCUT2D eigenvalue weighted by molar-refractivity contribution is 0.130. The van der Waals surface area contributed by atoms with E-state index in [0.717, 1.165) is 74.8 Å². The van der Waals surface area contributed by atoms with Gasteiger partial charge in [-0.1, -0.05) is 36.4 Å². The number of hydrogen-bond donors (Lipinski definition) is 4. The summed E-state index contributed by atoms with van der Waals surface area (Å²) in [7, 11) is 0. The maximum atomic E-state index is 5.87. The fraction of sp³-hybridized carbons (Fsp3) is 0.579. The maximum Gasteiger partial charge on any atom is 0.134 e. The first-order valence-electron chi connectivity index (χ1n) is 18.4. The van der Waals surface area contributed by atoms with E-state index in [-0.39, 0.29) is 0 Å². The minimum Gasteiger partial charge on any atom is -0.460 e. The van der Waals surface area contributed by atoms with Crippen LogP contribution in [0.5, 0.6) is 0 Å². The van der Waals surface area contributed by atoms with Crippen molar-refractivity contribution < 1.29 is 8.83 Å². The fourth-order valence-electron chi connectivity index (χ4n) is 6.63. The van der Waals surface area contributed by atoms with Gasteiger partial charge < -0.3 is 50.5 Å². The Morgan fingerprint density at radius 2 is 0.854 bits per heavy atom. The zero-order valence-corrected chi connectivity index (χ0v) is 29.1. The summed E-state index contributed by atoms with van der Waals surface area (Å²) in [6, 6.07) is 20.7. The third-order valence-electron chi connectivity index (χ3n) is 9.49. The third kappa shape index (κ3) is 12.3. The average molecular weight is 661 g/mol. The molecular weight excluding hydrogens is 600 g/mol. The third-order valence-corrected chi connectivity index (χ3v) is 9.49. The van der Waals surface area contributed by atoms with E-state index < -0.39 is 0 Å². The summed E-state index contributed by atoms with van der Waals surface area (Å²) in [6.45, 7) is 19.4. The number of hydrogen-bond acceptors (Lipinski definition) is 10. The first-order chi connectivity index (χ1) is 23.7. The highest BCUT2D eigenvalue weighted by Crippen LogP contribution is 2.19. The molecule has 0 aliphatic carbocycles. The smallest absolute Gasteiger partial charge is 0.134 e. The molecule has 2 fully saturated rings. The molecule has 264 valence electrons. The molecule has 0 bridgehead atoms. The predicted octanol–water partition coefficient (Wildman–Crippen LogP) is 3.76. The van der Waals surface area contributed by atoms with Gasteiger partial charge in [0.15, 0.2) is 0 Å². The number of rotatable bonds is 18. The van der Waals surface area contributed by atoms with Crippen LogP contribution >= 0.6 is 0 Å². The Morgan fingerprint density at radius 3 is 1.21 bits per heavy atom. The summed E-state index contributed by atoms with van der Waals surface area (Å²) in [5.74, 6) is 2.03. The minimum absolute atomic E-state index is 0.798. The fourth-order valence-corrected chi connectivity index (χ4v) is 6.63. The lowest BCUT2D eigenvalue weighted by Crippen LogP contribution is -2.47. The summed E-state index contributed by atoms with van der Waals surface area (Å²) in [6.07, 6.45) is 4.60. The van der Waals surface area contributed by atoms with Crippen molar-refractivity contribution in [3.8, 4) is 0 Å². The second-order valence-corrected chi connectivity index (χ2v) is 13.2. The van der Waals surface area contributed by atoms with Gasteiger partial charge in [0.25, 0.3) is 0 Å². The van der Waals surface area contributed by atoms with E-state index in [1.165, 1.54) is 102 Å². The van der Waals surface area contributed by atoms with E-state index in [1.54, 1.807) is 0 Å². The van der Waals surface area contributed by atoms with Crippen molar-refractivity contribution in [1.29, 1.82) is 0 Å². The molecule has 10 nitrogen and oxygen atoms in total. The van der Waals surface area contributed by atoms with Gasteiger partial charge >= 0.3 is 0 Å². The quantitative estimate of drug-likeness (QED) is 0.118. The molecule has 0 spiro atoms. The molecule has 0 atom stereocenters. The van der Waals surface area contributed by atoms with Gasteiger partial charge in [-0.2, -0.15) is 0 Å². The molecule has 0 radical (unpaired) electrons. The largest absolute Gasteiger partial charge is 0.460 e. The van der Waals surface area contributed by atoms with Gasteiger partial charge in [-0.25, -0.2) is 0 Å². The van der Waals surface area contributed by atoms with Crippen molar-refractivity contribution >= 4 is 21.9 Å². The Bertz CT molecular complexity index is 1250. The van der Waals surface area contributed by atoms with Crippen molar-refractivity contribution in [1.82, 2.24) is 30.2 Å². The first-order valence-corrected chi connectivity index (χ1v) is 18.4. The number of nitrogens with zero attached hydrogens (tertiary/aromatic N) is 4. The van der Waals surface area contributed by atoms with Crippen LogP contribution in [0.15, 0.2) is 69.5 Å². The van der Waals surface area contributed by atoms with Crippen LogP contribution in [-0.4, -0.2) is 124 Å². The van der Waals surface area contributed by atoms with Gasteiger partial charge in [0.05, 0.1) is 13.1 Å². The molecule has 2 aromatic heterocycles. The van der Waals surface area contributed by atoms with Gasteiger partial charge in [-0.3, -0.25) is 0 Å². The highest BCUT2D eigenvalue weighted by atomic mass is 16.3. The predicted molar refractivity (Wildman–Crippen MR) is 198 cm³/mol. The van der Waals surface area contributed by atoms with Crippen LogP contribution in [0.1, 0.15) is 37.2 Å². The molecule has 48 heavy (non-hydrogen) atoms. The Morgan fingerprint density at radius 1 is 0.500 bits per heavy atom. The van der Waals surface area contributed by atoms with E-state index in [0.29, 0.717) is 0 Å². The number of fused-ring (bicyclic) bond motifs is 2. The molecule has 6 rings (SSSR count). The Labute approximate surface area is 287 Å². The summed E-state index contributed by atoms with van der Waals surface area (Å²) in [4.78, 5) is 10.2. The van der Waals surface area contributed by atoms with Crippen LogP contribution in [-0.2, 0) is 13.1 Å². The number of benzene rings is 2. The number of furan rings is 2. The SMILES string of the molecule is NCCCN1CCN(CCCN)CC1.c1ccc2oc(CNCCCN3CCN(CCCNCc4cc5ccccc5o4)CC3)cc2c1. The standard InChI is InChI=1S/C28H36N4O2.C10H24N4/c1-3-9-27-23(7-1)19-25(33-27)21-29-11-5-13-31-15-17-32(18-16-31)14-6-12-30-22-26-20-24-8-2-4-10-28(24)34-26;11-3-1-5-13-7-9-14(10-8-13)6-2-4-12/h1-4,7-10,19-20,29-30H,5-6,11-18,21-22H2;1-12H2. The van der Waals surface area contributed by atoms with Crippen LogP contribution < -0.4 is 22.1 Å². The van der Waals surface area contributed by atoms with E-state index in [1.807, 2.05) is 24.3 Å². The van der Waals surface area contributed by atoms with Crippen LogP contribution in [0.25, 0.3) is 21.9 Å². The Kier molecular flexibility index (Phi) is 15.7. The zero-order valence-electron chi connectivity index (χ0n) is 29.1. The van der Waals surface area contributed by atoms with Crippen molar-refractivity contribution in [3.05, 3.63) is 72.2 Å². The summed E-state index contributed by atoms with van der Waals surface area (Å²) >= 11 is 0. The average Bonchev–Trinajstić information content (AvgIpc) is 3.74. The number of nitrogens with two attached hydrogens (primary N) is 2. The van der Waals surface area contributed by atoms with Gasteiger partial charge in [0.2, 0.25) is 0 Å². The van der Waals surface area contributed by atoms with Crippen LogP contribution in [0.3, 0.4) is 0 Å². The number of nitrogens with one attached hydrogen (secondary N) is 2. The molecule has 4 aromatic rings. The normalized spacial score (nSPS) is 16.9. The van der Waals surface area contributed by atoms with Crippen LogP contribution in [0, 0.1) is 0 Å². The van der Waals surface area contributed by atoms with Crippen molar-refractivity contribution in [2.24, 2.45) is 11.5 Å². The van der Waals surface area contributed by atoms with E-state index >= 15 is 0 Å². The van der Waals surface area contributed by atoms with E-state index in [9.17, 15) is 0 Å². The first kappa shape index (κ1) is 36.5. The Balaban J connectivity index is 0.000000271. The van der Waals surface area contributed by atoms with Crippen molar-refractivity contribution in [2.75, 3.05) is 105 Å². The minimum atomic E-state index is 0.798. The molecule has 2 aromatic carbocycles. The monoisotopic (exact) mass is 660 g/mol. The lowest BCUT2D eigenvalue weighted by Gasteiger charge is -2.34. The molecule has 6 N–H and O–H groups in total. The van der Waals surface area contributed by atoms with E-state index in [4.69, 9.17) is 20.3 Å².